The topological polar surface area (TPSA) is 67.4 Å². The van der Waals surface area contributed by atoms with E-state index in [0.717, 1.165) is 21.4 Å². The van der Waals surface area contributed by atoms with E-state index in [1.807, 2.05) is 28.8 Å². The van der Waals surface area contributed by atoms with Gasteiger partial charge in [0.25, 0.3) is 5.56 Å². The number of ether oxygens (including phenoxy) is 2. The van der Waals surface area contributed by atoms with Crippen LogP contribution in [-0.2, 0) is 25.4 Å². The molecule has 0 amide bonds. The van der Waals surface area contributed by atoms with Crippen LogP contribution < -0.4 is 16.0 Å². The first-order valence-corrected chi connectivity index (χ1v) is 10.3. The fourth-order valence-corrected chi connectivity index (χ4v) is 4.52. The summed E-state index contributed by atoms with van der Waals surface area (Å²) in [4.78, 5) is 26.2. The van der Waals surface area contributed by atoms with Crippen LogP contribution in [0.5, 0.6) is 5.75 Å². The van der Waals surface area contributed by atoms with Crippen LogP contribution in [0.1, 0.15) is 17.4 Å². The van der Waals surface area contributed by atoms with E-state index in [4.69, 9.17) is 9.47 Å². The second-order valence-electron chi connectivity index (χ2n) is 7.85. The predicted octanol–water partition coefficient (Wildman–Crippen LogP) is 2.97. The zero-order valence-corrected chi connectivity index (χ0v) is 18.0. The van der Waals surface area contributed by atoms with Gasteiger partial charge in [0.2, 0.25) is 0 Å². The molecule has 0 saturated heterocycles. The smallest absolute Gasteiger partial charge is 0.331 e. The maximum absolute atomic E-state index is 13.6. The van der Waals surface area contributed by atoms with E-state index >= 15 is 0 Å². The van der Waals surface area contributed by atoms with Crippen LogP contribution in [0.25, 0.3) is 22.2 Å². The first-order valence-electron chi connectivity index (χ1n) is 10.3. The highest BCUT2D eigenvalue weighted by Crippen LogP contribution is 2.40. The summed E-state index contributed by atoms with van der Waals surface area (Å²) in [6, 6.07) is 13.6. The minimum Gasteiger partial charge on any atom is -0.497 e. The van der Waals surface area contributed by atoms with Crippen LogP contribution in [0.15, 0.2) is 58.1 Å². The lowest BCUT2D eigenvalue weighted by Gasteiger charge is -2.27. The molecule has 0 fully saturated rings. The third-order valence-corrected chi connectivity index (χ3v) is 6.09. The summed E-state index contributed by atoms with van der Waals surface area (Å²) in [6.07, 6.45) is -0.545. The summed E-state index contributed by atoms with van der Waals surface area (Å²) in [5.74, 6) is 0.362. The van der Waals surface area contributed by atoms with Crippen LogP contribution in [0.3, 0.4) is 0 Å². The zero-order valence-electron chi connectivity index (χ0n) is 18.0. The fraction of sp³-hybridized carbons (Fsp3) is 0.250. The van der Waals surface area contributed by atoms with E-state index in [-0.39, 0.29) is 11.4 Å². The summed E-state index contributed by atoms with van der Waals surface area (Å²) in [5.41, 5.74) is 2.76. The second-order valence-corrected chi connectivity index (χ2v) is 7.85. The van der Waals surface area contributed by atoms with Crippen molar-refractivity contribution in [2.75, 3.05) is 13.7 Å². The van der Waals surface area contributed by atoms with Gasteiger partial charge in [0.05, 0.1) is 36.0 Å². The number of hydrogen-bond donors (Lipinski definition) is 0. The first kappa shape index (κ1) is 20.3. The lowest BCUT2D eigenvalue weighted by molar-refractivity contribution is 0.0478. The molecule has 0 aliphatic carbocycles. The molecule has 2 aromatic heterocycles. The lowest BCUT2D eigenvalue weighted by atomic mass is 10.0. The van der Waals surface area contributed by atoms with Gasteiger partial charge in [0.15, 0.2) is 0 Å². The molecule has 0 N–H and O–H groups in total. The number of halogens is 1. The molecule has 0 radical (unpaired) electrons. The Morgan fingerprint density at radius 2 is 1.69 bits per heavy atom. The van der Waals surface area contributed by atoms with Crippen LogP contribution >= 0.6 is 0 Å². The van der Waals surface area contributed by atoms with E-state index in [2.05, 4.69) is 0 Å². The number of nitrogens with zero attached hydrogens (tertiary/aromatic N) is 3. The molecule has 0 saturated carbocycles. The molecule has 0 unspecified atom stereocenters. The van der Waals surface area contributed by atoms with Crippen molar-refractivity contribution < 1.29 is 13.9 Å². The molecule has 0 spiro atoms. The molecule has 0 bridgehead atoms. The van der Waals surface area contributed by atoms with Crippen molar-refractivity contribution in [3.8, 4) is 17.0 Å². The van der Waals surface area contributed by atoms with Gasteiger partial charge in [-0.25, -0.2) is 9.18 Å². The molecule has 1 aliphatic heterocycles. The summed E-state index contributed by atoms with van der Waals surface area (Å²) < 4.78 is 29.6. The average Bonchev–Trinajstić information content (AvgIpc) is 3.17. The number of methoxy groups -OCH3 is 1. The zero-order chi connectivity index (χ0) is 22.6. The van der Waals surface area contributed by atoms with E-state index in [0.29, 0.717) is 35.5 Å². The molecular weight excluding hydrogens is 413 g/mol. The Morgan fingerprint density at radius 3 is 2.34 bits per heavy atom. The predicted molar refractivity (Wildman–Crippen MR) is 119 cm³/mol. The third kappa shape index (κ3) is 2.90. The minimum absolute atomic E-state index is 0.343. The summed E-state index contributed by atoms with van der Waals surface area (Å²) >= 11 is 0. The van der Waals surface area contributed by atoms with E-state index < -0.39 is 11.8 Å². The third-order valence-electron chi connectivity index (χ3n) is 6.09. The molecule has 1 aliphatic rings. The van der Waals surface area contributed by atoms with Crippen molar-refractivity contribution in [2.24, 2.45) is 14.1 Å². The Balaban J connectivity index is 1.90. The quantitative estimate of drug-likeness (QED) is 0.496. The number of aryl methyl sites for hydroxylation is 1. The standard InChI is InChI=1S/C24H22FN3O4/c1-26-20-18(23(29)27(2)24(26)30)19(14-6-10-17(31-3)11-7-14)28-12-13-32-22(21(20)28)15-4-8-16(25)9-5-15/h4-11,22H,12-13H2,1-3H3/t22-/m1/s1. The highest BCUT2D eigenvalue weighted by molar-refractivity contribution is 5.96. The summed E-state index contributed by atoms with van der Waals surface area (Å²) in [7, 11) is 4.73. The molecule has 4 aromatic rings. The Morgan fingerprint density at radius 1 is 1.00 bits per heavy atom. The van der Waals surface area contributed by atoms with Gasteiger partial charge in [0, 0.05) is 20.6 Å². The van der Waals surface area contributed by atoms with Gasteiger partial charge in [-0.1, -0.05) is 12.1 Å². The van der Waals surface area contributed by atoms with E-state index in [1.54, 1.807) is 26.3 Å². The van der Waals surface area contributed by atoms with Crippen molar-refractivity contribution >= 4 is 10.9 Å². The Labute approximate surface area is 182 Å². The molecule has 164 valence electrons. The number of hydrogen-bond acceptors (Lipinski definition) is 4. The molecule has 7 nitrogen and oxygen atoms in total. The summed E-state index contributed by atoms with van der Waals surface area (Å²) in [5, 5.41) is 0.451. The molecule has 1 atom stereocenters. The van der Waals surface area contributed by atoms with Gasteiger partial charge in [-0.05, 0) is 47.5 Å². The number of rotatable bonds is 3. The van der Waals surface area contributed by atoms with Gasteiger partial charge < -0.3 is 14.0 Å². The van der Waals surface area contributed by atoms with Crippen molar-refractivity contribution in [3.05, 3.63) is 86.4 Å². The monoisotopic (exact) mass is 435 g/mol. The van der Waals surface area contributed by atoms with Crippen molar-refractivity contribution in [2.45, 2.75) is 12.6 Å². The molecule has 32 heavy (non-hydrogen) atoms. The SMILES string of the molecule is COc1ccc(-c2c3c(=O)n(C)c(=O)n(C)c3c3n2CCO[C@@H]3c2ccc(F)cc2)cc1. The van der Waals surface area contributed by atoms with Crippen molar-refractivity contribution in [1.29, 1.82) is 0 Å². The van der Waals surface area contributed by atoms with Crippen molar-refractivity contribution in [3.63, 3.8) is 0 Å². The van der Waals surface area contributed by atoms with Crippen molar-refractivity contribution in [1.82, 2.24) is 13.7 Å². The molecule has 5 rings (SSSR count). The first-order chi connectivity index (χ1) is 15.4. The number of benzene rings is 2. The van der Waals surface area contributed by atoms with Crippen LogP contribution in [0.2, 0.25) is 0 Å². The van der Waals surface area contributed by atoms with E-state index in [1.165, 1.54) is 23.7 Å². The maximum atomic E-state index is 13.6. The Kier molecular flexibility index (Phi) is 4.74. The summed E-state index contributed by atoms with van der Waals surface area (Å²) in [6.45, 7) is 0.924. The van der Waals surface area contributed by atoms with Crippen LogP contribution in [-0.4, -0.2) is 27.4 Å². The largest absolute Gasteiger partial charge is 0.497 e. The normalized spacial score (nSPS) is 15.7. The van der Waals surface area contributed by atoms with Gasteiger partial charge in [-0.15, -0.1) is 0 Å². The van der Waals surface area contributed by atoms with Crippen LogP contribution in [0, 0.1) is 5.82 Å². The number of fused-ring (bicyclic) bond motifs is 3. The second kappa shape index (κ2) is 7.49. The average molecular weight is 435 g/mol. The highest BCUT2D eigenvalue weighted by Gasteiger charge is 2.33. The highest BCUT2D eigenvalue weighted by atomic mass is 19.1. The molecular formula is C24H22FN3O4. The molecule has 3 heterocycles. The van der Waals surface area contributed by atoms with Gasteiger partial charge in [-0.3, -0.25) is 13.9 Å². The molecule has 2 aromatic carbocycles. The van der Waals surface area contributed by atoms with Gasteiger partial charge in [0.1, 0.15) is 17.7 Å². The van der Waals surface area contributed by atoms with Gasteiger partial charge in [-0.2, -0.15) is 0 Å². The minimum atomic E-state index is -0.545. The van der Waals surface area contributed by atoms with E-state index in [9.17, 15) is 14.0 Å². The van der Waals surface area contributed by atoms with Crippen LogP contribution in [0.4, 0.5) is 4.39 Å². The number of aromatic nitrogens is 3. The lowest BCUT2D eigenvalue weighted by Crippen LogP contribution is -2.37. The fourth-order valence-electron chi connectivity index (χ4n) is 4.52. The Bertz CT molecular complexity index is 1450. The Hall–Kier alpha value is -3.65. The van der Waals surface area contributed by atoms with Gasteiger partial charge >= 0.3 is 5.69 Å². The maximum Gasteiger partial charge on any atom is 0.331 e. The molecule has 8 heteroatoms.